The standard InChI is InChI=1S/C23H21ClFN3O3/c1-14(16-5-7-17(8-6-16)23(30)31)27-22(29)20-11-18(24)12-26-21(20)28(2)13-15-3-9-19(25)10-4-15/h3-12,14H,13H2,1-2H3,(H,27,29)(H,30,31)/t14-/m0/s1. The molecule has 1 aromatic heterocycles. The zero-order valence-corrected chi connectivity index (χ0v) is 17.7. The van der Waals surface area contributed by atoms with Crippen molar-refractivity contribution in [2.45, 2.75) is 19.5 Å². The lowest BCUT2D eigenvalue weighted by atomic mass is 10.1. The van der Waals surface area contributed by atoms with Gasteiger partial charge in [-0.25, -0.2) is 14.2 Å². The Balaban J connectivity index is 1.79. The molecule has 1 atom stereocenters. The van der Waals surface area contributed by atoms with Crippen molar-refractivity contribution in [2.75, 3.05) is 11.9 Å². The molecule has 3 rings (SSSR count). The van der Waals surface area contributed by atoms with Crippen LogP contribution in [0.3, 0.4) is 0 Å². The number of rotatable bonds is 7. The van der Waals surface area contributed by atoms with Crippen LogP contribution >= 0.6 is 11.6 Å². The van der Waals surface area contributed by atoms with E-state index in [1.807, 2.05) is 0 Å². The Morgan fingerprint density at radius 2 is 1.81 bits per heavy atom. The largest absolute Gasteiger partial charge is 0.478 e. The van der Waals surface area contributed by atoms with E-state index in [1.165, 1.54) is 30.5 Å². The van der Waals surface area contributed by atoms with E-state index >= 15 is 0 Å². The number of benzene rings is 2. The Bertz CT molecular complexity index is 1090. The van der Waals surface area contributed by atoms with Gasteiger partial charge in [-0.15, -0.1) is 0 Å². The number of anilines is 1. The first kappa shape index (κ1) is 22.2. The fourth-order valence-electron chi connectivity index (χ4n) is 3.11. The van der Waals surface area contributed by atoms with E-state index in [9.17, 15) is 14.0 Å². The molecule has 0 radical (unpaired) electrons. The summed E-state index contributed by atoms with van der Waals surface area (Å²) in [5.74, 6) is -1.27. The van der Waals surface area contributed by atoms with Gasteiger partial charge in [-0.05, 0) is 48.4 Å². The van der Waals surface area contributed by atoms with Gasteiger partial charge in [0, 0.05) is 19.8 Å². The van der Waals surface area contributed by atoms with E-state index in [4.69, 9.17) is 16.7 Å². The van der Waals surface area contributed by atoms with Crippen LogP contribution in [0.4, 0.5) is 10.2 Å². The van der Waals surface area contributed by atoms with Crippen LogP contribution < -0.4 is 10.2 Å². The lowest BCUT2D eigenvalue weighted by molar-refractivity contribution is 0.0696. The Hall–Kier alpha value is -3.45. The highest BCUT2D eigenvalue weighted by Gasteiger charge is 2.19. The fourth-order valence-corrected chi connectivity index (χ4v) is 3.27. The number of nitrogens with one attached hydrogen (secondary N) is 1. The fraction of sp³-hybridized carbons (Fsp3) is 0.174. The second kappa shape index (κ2) is 9.57. The lowest BCUT2D eigenvalue weighted by Crippen LogP contribution is -2.29. The number of halogens is 2. The van der Waals surface area contributed by atoms with Gasteiger partial charge in [0.2, 0.25) is 0 Å². The number of carboxylic acids is 1. The van der Waals surface area contributed by atoms with Crippen molar-refractivity contribution in [1.82, 2.24) is 10.3 Å². The molecule has 0 bridgehead atoms. The monoisotopic (exact) mass is 441 g/mol. The van der Waals surface area contributed by atoms with E-state index in [2.05, 4.69) is 10.3 Å². The molecule has 160 valence electrons. The first-order valence-electron chi connectivity index (χ1n) is 9.50. The summed E-state index contributed by atoms with van der Waals surface area (Å²) in [5, 5.41) is 12.2. The molecule has 2 N–H and O–H groups in total. The molecule has 0 aliphatic rings. The van der Waals surface area contributed by atoms with Crippen molar-refractivity contribution < 1.29 is 19.1 Å². The molecule has 0 fully saturated rings. The van der Waals surface area contributed by atoms with E-state index < -0.39 is 5.97 Å². The maximum absolute atomic E-state index is 13.2. The number of carbonyl (C=O) groups is 2. The van der Waals surface area contributed by atoms with Crippen molar-refractivity contribution in [3.63, 3.8) is 0 Å². The van der Waals surface area contributed by atoms with Crippen LogP contribution in [0.15, 0.2) is 60.8 Å². The minimum Gasteiger partial charge on any atom is -0.478 e. The molecule has 0 aliphatic heterocycles. The summed E-state index contributed by atoms with van der Waals surface area (Å²) < 4.78 is 13.2. The number of carbonyl (C=O) groups excluding carboxylic acids is 1. The molecule has 0 saturated heterocycles. The molecular formula is C23H21ClFN3O3. The van der Waals surface area contributed by atoms with Gasteiger partial charge >= 0.3 is 5.97 Å². The van der Waals surface area contributed by atoms with Crippen molar-refractivity contribution in [1.29, 1.82) is 0 Å². The molecule has 0 aliphatic carbocycles. The summed E-state index contributed by atoms with van der Waals surface area (Å²) in [6, 6.07) is 13.6. The minimum atomic E-state index is -1.01. The van der Waals surface area contributed by atoms with Crippen LogP contribution in [0.2, 0.25) is 5.02 Å². The number of aromatic nitrogens is 1. The SMILES string of the molecule is C[C@H](NC(=O)c1cc(Cl)cnc1N(C)Cc1ccc(F)cc1)c1ccc(C(=O)O)cc1. The average Bonchev–Trinajstić information content (AvgIpc) is 2.75. The van der Waals surface area contributed by atoms with E-state index in [0.717, 1.165) is 11.1 Å². The minimum absolute atomic E-state index is 0.172. The van der Waals surface area contributed by atoms with Gasteiger partial charge in [-0.3, -0.25) is 4.79 Å². The van der Waals surface area contributed by atoms with E-state index in [0.29, 0.717) is 22.9 Å². The van der Waals surface area contributed by atoms with Gasteiger partial charge in [0.05, 0.1) is 22.2 Å². The maximum atomic E-state index is 13.2. The van der Waals surface area contributed by atoms with Crippen molar-refractivity contribution in [2.24, 2.45) is 0 Å². The zero-order valence-electron chi connectivity index (χ0n) is 17.0. The highest BCUT2D eigenvalue weighted by atomic mass is 35.5. The Labute approximate surface area is 184 Å². The third-order valence-corrected chi connectivity index (χ3v) is 4.98. The predicted molar refractivity (Wildman–Crippen MR) is 117 cm³/mol. The number of carboxylic acid groups (broad SMARTS) is 1. The Morgan fingerprint density at radius 3 is 2.42 bits per heavy atom. The molecule has 1 heterocycles. The topological polar surface area (TPSA) is 82.5 Å². The van der Waals surface area contributed by atoms with E-state index in [1.54, 1.807) is 49.2 Å². The lowest BCUT2D eigenvalue weighted by Gasteiger charge is -2.22. The molecule has 1 amide bonds. The van der Waals surface area contributed by atoms with Crippen molar-refractivity contribution in [3.8, 4) is 0 Å². The van der Waals surface area contributed by atoms with Gasteiger partial charge < -0.3 is 15.3 Å². The van der Waals surface area contributed by atoms with Crippen LogP contribution in [0.5, 0.6) is 0 Å². The summed E-state index contributed by atoms with van der Waals surface area (Å²) in [7, 11) is 1.78. The molecule has 3 aromatic rings. The highest BCUT2D eigenvalue weighted by molar-refractivity contribution is 6.31. The van der Waals surface area contributed by atoms with Gasteiger partial charge in [0.25, 0.3) is 5.91 Å². The maximum Gasteiger partial charge on any atom is 0.335 e. The van der Waals surface area contributed by atoms with Crippen LogP contribution in [-0.2, 0) is 6.54 Å². The molecule has 0 saturated carbocycles. The summed E-state index contributed by atoms with van der Waals surface area (Å²) >= 11 is 6.09. The first-order valence-corrected chi connectivity index (χ1v) is 9.87. The van der Waals surface area contributed by atoms with Crippen LogP contribution in [0, 0.1) is 5.82 Å². The second-order valence-electron chi connectivity index (χ2n) is 7.13. The van der Waals surface area contributed by atoms with Crippen LogP contribution in [0.25, 0.3) is 0 Å². The molecule has 0 unspecified atom stereocenters. The Morgan fingerprint density at radius 1 is 1.16 bits per heavy atom. The highest BCUT2D eigenvalue weighted by Crippen LogP contribution is 2.23. The first-order chi connectivity index (χ1) is 14.7. The summed E-state index contributed by atoms with van der Waals surface area (Å²) in [4.78, 5) is 30.1. The number of nitrogens with zero attached hydrogens (tertiary/aromatic N) is 2. The molecule has 0 spiro atoms. The van der Waals surface area contributed by atoms with Crippen molar-refractivity contribution in [3.05, 3.63) is 93.9 Å². The number of aromatic carboxylic acids is 1. The van der Waals surface area contributed by atoms with Gasteiger partial charge in [-0.1, -0.05) is 35.9 Å². The summed E-state index contributed by atoms with van der Waals surface area (Å²) in [5.41, 5.74) is 2.09. The second-order valence-corrected chi connectivity index (χ2v) is 7.57. The molecule has 6 nitrogen and oxygen atoms in total. The number of amides is 1. The summed E-state index contributed by atoms with van der Waals surface area (Å²) in [6.45, 7) is 2.22. The van der Waals surface area contributed by atoms with Gasteiger partial charge in [-0.2, -0.15) is 0 Å². The number of pyridine rings is 1. The van der Waals surface area contributed by atoms with Crippen LogP contribution in [-0.4, -0.2) is 29.0 Å². The molecule has 31 heavy (non-hydrogen) atoms. The smallest absolute Gasteiger partial charge is 0.335 e. The Kier molecular flexibility index (Phi) is 6.87. The molecular weight excluding hydrogens is 421 g/mol. The molecule has 2 aromatic carbocycles. The number of hydrogen-bond acceptors (Lipinski definition) is 4. The predicted octanol–water partition coefficient (Wildman–Crippen LogP) is 4.70. The van der Waals surface area contributed by atoms with Crippen LogP contribution in [0.1, 0.15) is 44.8 Å². The molecule has 8 heteroatoms. The third-order valence-electron chi connectivity index (χ3n) is 4.78. The van der Waals surface area contributed by atoms with E-state index in [-0.39, 0.29) is 23.3 Å². The number of hydrogen-bond donors (Lipinski definition) is 2. The van der Waals surface area contributed by atoms with Crippen molar-refractivity contribution >= 4 is 29.3 Å². The van der Waals surface area contributed by atoms with Gasteiger partial charge in [0.1, 0.15) is 11.6 Å². The average molecular weight is 442 g/mol. The zero-order chi connectivity index (χ0) is 22.5. The third kappa shape index (κ3) is 5.58. The normalized spacial score (nSPS) is 11.6. The quantitative estimate of drug-likeness (QED) is 0.555. The summed E-state index contributed by atoms with van der Waals surface area (Å²) in [6.07, 6.45) is 1.46. The van der Waals surface area contributed by atoms with Gasteiger partial charge in [0.15, 0.2) is 0 Å².